The van der Waals surface area contributed by atoms with Crippen molar-refractivity contribution in [3.8, 4) is 0 Å². The molecule has 0 saturated carbocycles. The quantitative estimate of drug-likeness (QED) is 0.464. The van der Waals surface area contributed by atoms with Crippen molar-refractivity contribution in [2.75, 3.05) is 0 Å². The molecule has 2 aromatic carbocycles. The van der Waals surface area contributed by atoms with Crippen LogP contribution in [0.25, 0.3) is 10.9 Å². The first-order valence-electron chi connectivity index (χ1n) is 9.39. The second kappa shape index (κ2) is 9.05. The summed E-state index contributed by atoms with van der Waals surface area (Å²) in [7, 11) is 0. The number of carbonyl (C=O) groups excluding carboxylic acids is 3. The number of H-pyrrole nitrogens is 1. The molecule has 7 heteroatoms. The van der Waals surface area contributed by atoms with Crippen LogP contribution in [0.1, 0.15) is 18.1 Å². The van der Waals surface area contributed by atoms with E-state index in [0.29, 0.717) is 6.42 Å². The van der Waals surface area contributed by atoms with Gasteiger partial charge in [-0.25, -0.2) is 0 Å². The van der Waals surface area contributed by atoms with Gasteiger partial charge in [0.15, 0.2) is 0 Å². The van der Waals surface area contributed by atoms with E-state index in [-0.39, 0.29) is 12.3 Å². The fourth-order valence-electron chi connectivity index (χ4n) is 3.32. The van der Waals surface area contributed by atoms with E-state index in [2.05, 4.69) is 15.6 Å². The van der Waals surface area contributed by atoms with Gasteiger partial charge >= 0.3 is 0 Å². The van der Waals surface area contributed by atoms with Crippen molar-refractivity contribution in [3.05, 3.63) is 71.9 Å². The Hall–Kier alpha value is -3.61. The van der Waals surface area contributed by atoms with Gasteiger partial charge in [-0.15, -0.1) is 0 Å². The van der Waals surface area contributed by atoms with Gasteiger partial charge in [0.25, 0.3) is 0 Å². The van der Waals surface area contributed by atoms with Crippen LogP contribution in [0.2, 0.25) is 0 Å². The Labute approximate surface area is 168 Å². The summed E-state index contributed by atoms with van der Waals surface area (Å²) in [6.45, 7) is 1.35. The summed E-state index contributed by atoms with van der Waals surface area (Å²) in [5, 5.41) is 6.32. The molecule has 0 saturated heterocycles. The Bertz CT molecular complexity index is 1010. The van der Waals surface area contributed by atoms with Crippen molar-refractivity contribution in [1.29, 1.82) is 0 Å². The van der Waals surface area contributed by atoms with Crippen LogP contribution in [-0.4, -0.2) is 34.8 Å². The average Bonchev–Trinajstić information content (AvgIpc) is 3.10. The number of hydrogen-bond donors (Lipinski definition) is 4. The maximum atomic E-state index is 12.8. The highest BCUT2D eigenvalue weighted by Crippen LogP contribution is 2.19. The first-order chi connectivity index (χ1) is 13.9. The lowest BCUT2D eigenvalue weighted by molar-refractivity contribution is -0.130. The molecule has 3 rings (SSSR count). The minimum Gasteiger partial charge on any atom is -0.368 e. The van der Waals surface area contributed by atoms with Crippen LogP contribution in [0.15, 0.2) is 60.8 Å². The highest BCUT2D eigenvalue weighted by Gasteiger charge is 2.26. The Balaban J connectivity index is 1.75. The number of carbonyl (C=O) groups is 3. The second-order valence-corrected chi connectivity index (χ2v) is 6.97. The predicted molar refractivity (Wildman–Crippen MR) is 111 cm³/mol. The van der Waals surface area contributed by atoms with E-state index in [4.69, 9.17) is 5.73 Å². The van der Waals surface area contributed by atoms with E-state index >= 15 is 0 Å². The number of rotatable bonds is 8. The lowest BCUT2D eigenvalue weighted by Crippen LogP contribution is -2.54. The minimum atomic E-state index is -0.895. The van der Waals surface area contributed by atoms with Gasteiger partial charge < -0.3 is 21.4 Å². The smallest absolute Gasteiger partial charge is 0.243 e. The highest BCUT2D eigenvalue weighted by atomic mass is 16.2. The summed E-state index contributed by atoms with van der Waals surface area (Å²) in [5.74, 6) is -1.41. The number of fused-ring (bicyclic) bond motifs is 1. The van der Waals surface area contributed by atoms with Crippen molar-refractivity contribution < 1.29 is 14.4 Å². The van der Waals surface area contributed by atoms with Gasteiger partial charge in [0, 0.05) is 36.9 Å². The van der Waals surface area contributed by atoms with Crippen LogP contribution < -0.4 is 16.4 Å². The number of nitrogens with one attached hydrogen (secondary N) is 3. The van der Waals surface area contributed by atoms with Gasteiger partial charge in [-0.3, -0.25) is 14.4 Å². The molecule has 5 N–H and O–H groups in total. The van der Waals surface area contributed by atoms with Crippen molar-refractivity contribution in [3.63, 3.8) is 0 Å². The van der Waals surface area contributed by atoms with Crippen LogP contribution in [0, 0.1) is 0 Å². The van der Waals surface area contributed by atoms with Gasteiger partial charge in [0.05, 0.1) is 0 Å². The molecule has 3 amide bonds. The average molecular weight is 392 g/mol. The molecule has 1 aromatic heterocycles. The van der Waals surface area contributed by atoms with Gasteiger partial charge in [0.2, 0.25) is 17.7 Å². The molecule has 0 aliphatic carbocycles. The lowest BCUT2D eigenvalue weighted by atomic mass is 10.0. The lowest BCUT2D eigenvalue weighted by Gasteiger charge is -2.21. The molecule has 7 nitrogen and oxygen atoms in total. The maximum Gasteiger partial charge on any atom is 0.243 e. The van der Waals surface area contributed by atoms with E-state index in [0.717, 1.165) is 22.0 Å². The molecular weight excluding hydrogens is 368 g/mol. The summed E-state index contributed by atoms with van der Waals surface area (Å²) in [6.07, 6.45) is 2.37. The third kappa shape index (κ3) is 5.22. The number of hydrogen-bond acceptors (Lipinski definition) is 3. The van der Waals surface area contributed by atoms with E-state index in [1.54, 1.807) is 0 Å². The molecule has 0 aliphatic rings. The van der Waals surface area contributed by atoms with Crippen LogP contribution in [0.5, 0.6) is 0 Å². The minimum absolute atomic E-state index is 0.253. The summed E-state index contributed by atoms with van der Waals surface area (Å²) in [6, 6.07) is 15.3. The zero-order chi connectivity index (χ0) is 20.8. The van der Waals surface area contributed by atoms with Gasteiger partial charge in [-0.05, 0) is 17.2 Å². The first-order valence-corrected chi connectivity index (χ1v) is 9.39. The summed E-state index contributed by atoms with van der Waals surface area (Å²) in [5.41, 5.74) is 8.27. The molecule has 0 bridgehead atoms. The van der Waals surface area contributed by atoms with Gasteiger partial charge in [0.1, 0.15) is 12.1 Å². The maximum absolute atomic E-state index is 12.8. The summed E-state index contributed by atoms with van der Waals surface area (Å²) >= 11 is 0. The monoisotopic (exact) mass is 392 g/mol. The number of amides is 3. The van der Waals surface area contributed by atoms with Crippen LogP contribution in [0.3, 0.4) is 0 Å². The Kier molecular flexibility index (Phi) is 6.29. The van der Waals surface area contributed by atoms with E-state index in [9.17, 15) is 14.4 Å². The molecule has 0 fully saturated rings. The van der Waals surface area contributed by atoms with Crippen molar-refractivity contribution in [2.45, 2.75) is 31.8 Å². The number of para-hydroxylation sites is 1. The van der Waals surface area contributed by atoms with Crippen molar-refractivity contribution in [2.24, 2.45) is 5.73 Å². The fraction of sp³-hybridized carbons (Fsp3) is 0.227. The fourth-order valence-corrected chi connectivity index (χ4v) is 3.32. The molecule has 0 spiro atoms. The third-order valence-electron chi connectivity index (χ3n) is 4.74. The zero-order valence-electron chi connectivity index (χ0n) is 16.1. The molecule has 0 radical (unpaired) electrons. The Morgan fingerprint density at radius 3 is 2.31 bits per heavy atom. The first kappa shape index (κ1) is 20.1. The standard InChI is InChI=1S/C22H24N4O3/c1-14(27)25-20(11-15-7-3-2-4-8-15)22(29)26-19(21(23)28)12-16-13-24-18-10-6-5-9-17(16)18/h2-10,13,19-20,24H,11-12H2,1H3,(H2,23,28)(H,25,27)(H,26,29)/t19-,20+/m1/s1. The number of benzene rings is 2. The van der Waals surface area contributed by atoms with Crippen molar-refractivity contribution >= 4 is 28.6 Å². The van der Waals surface area contributed by atoms with Crippen LogP contribution in [0.4, 0.5) is 0 Å². The van der Waals surface area contributed by atoms with E-state index in [1.807, 2.05) is 60.8 Å². The largest absolute Gasteiger partial charge is 0.368 e. The molecule has 3 aromatic rings. The van der Waals surface area contributed by atoms with E-state index in [1.165, 1.54) is 6.92 Å². The number of nitrogens with two attached hydrogens (primary N) is 1. The van der Waals surface area contributed by atoms with E-state index < -0.39 is 23.9 Å². The molecule has 29 heavy (non-hydrogen) atoms. The SMILES string of the molecule is CC(=O)N[C@@H](Cc1ccccc1)C(=O)N[C@H](Cc1c[nH]c2ccccc12)C(N)=O. The molecule has 0 aliphatic heterocycles. The van der Waals surface area contributed by atoms with Gasteiger partial charge in [-0.2, -0.15) is 0 Å². The zero-order valence-corrected chi connectivity index (χ0v) is 16.1. The predicted octanol–water partition coefficient (Wildman–Crippen LogP) is 1.43. The summed E-state index contributed by atoms with van der Waals surface area (Å²) < 4.78 is 0. The third-order valence-corrected chi connectivity index (χ3v) is 4.74. The molecule has 0 unspecified atom stereocenters. The summed E-state index contributed by atoms with van der Waals surface area (Å²) in [4.78, 5) is 39.6. The molecule has 150 valence electrons. The van der Waals surface area contributed by atoms with Crippen LogP contribution in [-0.2, 0) is 27.2 Å². The molecular formula is C22H24N4O3. The topological polar surface area (TPSA) is 117 Å². The number of aromatic nitrogens is 1. The highest BCUT2D eigenvalue weighted by molar-refractivity contribution is 5.92. The molecule has 1 heterocycles. The number of aromatic amines is 1. The normalized spacial score (nSPS) is 12.9. The number of primary amides is 1. The Morgan fingerprint density at radius 2 is 1.62 bits per heavy atom. The van der Waals surface area contributed by atoms with Gasteiger partial charge in [-0.1, -0.05) is 48.5 Å². The Morgan fingerprint density at radius 1 is 0.931 bits per heavy atom. The second-order valence-electron chi connectivity index (χ2n) is 6.97. The van der Waals surface area contributed by atoms with Crippen LogP contribution >= 0.6 is 0 Å². The van der Waals surface area contributed by atoms with Crippen molar-refractivity contribution in [1.82, 2.24) is 15.6 Å². The molecule has 2 atom stereocenters.